The van der Waals surface area contributed by atoms with Gasteiger partial charge in [0.2, 0.25) is 5.91 Å². The topological polar surface area (TPSA) is 81.6 Å². The number of para-hydroxylation sites is 1. The number of hydrazine groups is 1. The lowest BCUT2D eigenvalue weighted by molar-refractivity contribution is -0.121. The van der Waals surface area contributed by atoms with Crippen LogP contribution in [0, 0.1) is 0 Å². The van der Waals surface area contributed by atoms with Gasteiger partial charge in [0, 0.05) is 29.7 Å². The number of hydrogen-bond acceptors (Lipinski definition) is 4. The van der Waals surface area contributed by atoms with Gasteiger partial charge in [0.25, 0.3) is 5.91 Å². The van der Waals surface area contributed by atoms with Crippen LogP contribution in [0.2, 0.25) is 0 Å². The Labute approximate surface area is 156 Å². The van der Waals surface area contributed by atoms with Crippen molar-refractivity contribution >= 4 is 22.7 Å². The zero-order chi connectivity index (χ0) is 19.4. The van der Waals surface area contributed by atoms with E-state index in [4.69, 9.17) is 9.47 Å². The van der Waals surface area contributed by atoms with Crippen molar-refractivity contribution in [1.82, 2.24) is 15.4 Å². The summed E-state index contributed by atoms with van der Waals surface area (Å²) in [6.45, 7) is 0. The van der Waals surface area contributed by atoms with Crippen LogP contribution in [-0.4, -0.2) is 30.6 Å². The number of carbonyl (C=O) groups is 2. The molecule has 0 atom stereocenters. The predicted octanol–water partition coefficient (Wildman–Crippen LogP) is 2.20. The molecule has 0 fully saturated rings. The molecule has 0 radical (unpaired) electrons. The Kier molecular flexibility index (Phi) is 5.30. The van der Waals surface area contributed by atoms with Gasteiger partial charge in [-0.1, -0.05) is 18.2 Å². The highest BCUT2D eigenvalue weighted by atomic mass is 16.5. The highest BCUT2D eigenvalue weighted by Crippen LogP contribution is 2.27. The molecule has 0 unspecified atom stereocenters. The summed E-state index contributed by atoms with van der Waals surface area (Å²) in [4.78, 5) is 24.5. The van der Waals surface area contributed by atoms with Crippen LogP contribution in [0.3, 0.4) is 0 Å². The third kappa shape index (κ3) is 3.87. The number of carbonyl (C=O) groups excluding carboxylic acids is 2. The minimum Gasteiger partial charge on any atom is -0.493 e. The Balaban J connectivity index is 1.64. The van der Waals surface area contributed by atoms with Crippen LogP contribution in [0.15, 0.2) is 48.7 Å². The highest BCUT2D eigenvalue weighted by Gasteiger charge is 2.13. The standard InChI is InChI=1S/C20H21N3O4/c1-23-12-14(15-6-4-5-7-16(15)23)11-19(24)21-22-20(25)13-8-9-17(26-2)18(10-13)27-3/h4-10,12H,11H2,1-3H3,(H,21,24)(H,22,25). The lowest BCUT2D eigenvalue weighted by Gasteiger charge is -2.10. The molecule has 2 N–H and O–H groups in total. The second-order valence-corrected chi connectivity index (χ2v) is 6.03. The number of aryl methyl sites for hydroxylation is 1. The van der Waals surface area contributed by atoms with Crippen LogP contribution in [-0.2, 0) is 18.3 Å². The number of amides is 2. The third-order valence-corrected chi connectivity index (χ3v) is 4.29. The number of ether oxygens (including phenoxy) is 2. The van der Waals surface area contributed by atoms with E-state index in [1.54, 1.807) is 18.2 Å². The van der Waals surface area contributed by atoms with Crippen molar-refractivity contribution in [2.24, 2.45) is 7.05 Å². The maximum atomic E-state index is 12.3. The number of benzene rings is 2. The molecule has 140 valence electrons. The van der Waals surface area contributed by atoms with Crippen molar-refractivity contribution in [3.63, 3.8) is 0 Å². The summed E-state index contributed by atoms with van der Waals surface area (Å²) in [5, 5.41) is 1.02. The Morgan fingerprint density at radius 1 is 1.00 bits per heavy atom. The first-order valence-corrected chi connectivity index (χ1v) is 8.37. The zero-order valence-electron chi connectivity index (χ0n) is 15.4. The van der Waals surface area contributed by atoms with E-state index in [1.807, 2.05) is 42.1 Å². The largest absolute Gasteiger partial charge is 0.493 e. The Morgan fingerprint density at radius 3 is 2.48 bits per heavy atom. The van der Waals surface area contributed by atoms with Gasteiger partial charge >= 0.3 is 0 Å². The molecule has 2 aromatic carbocycles. The minimum absolute atomic E-state index is 0.160. The van der Waals surface area contributed by atoms with Crippen molar-refractivity contribution in [2.75, 3.05) is 14.2 Å². The number of hydrogen-bond donors (Lipinski definition) is 2. The third-order valence-electron chi connectivity index (χ3n) is 4.29. The first-order chi connectivity index (χ1) is 13.0. The van der Waals surface area contributed by atoms with Crippen molar-refractivity contribution < 1.29 is 19.1 Å². The van der Waals surface area contributed by atoms with Crippen molar-refractivity contribution in [3.8, 4) is 11.5 Å². The number of rotatable bonds is 5. The first-order valence-electron chi connectivity index (χ1n) is 8.37. The van der Waals surface area contributed by atoms with E-state index >= 15 is 0 Å². The summed E-state index contributed by atoms with van der Waals surface area (Å²) in [6, 6.07) is 12.6. The van der Waals surface area contributed by atoms with Gasteiger partial charge in [0.05, 0.1) is 20.6 Å². The highest BCUT2D eigenvalue weighted by molar-refractivity contribution is 5.96. The second-order valence-electron chi connectivity index (χ2n) is 6.03. The molecule has 1 heterocycles. The molecule has 0 saturated carbocycles. The monoisotopic (exact) mass is 367 g/mol. The summed E-state index contributed by atoms with van der Waals surface area (Å²) in [7, 11) is 4.94. The van der Waals surface area contributed by atoms with Gasteiger partial charge in [-0.3, -0.25) is 20.4 Å². The molecule has 0 spiro atoms. The fraction of sp³-hybridized carbons (Fsp3) is 0.200. The molecule has 7 heteroatoms. The summed E-state index contributed by atoms with van der Waals surface area (Å²) in [5.41, 5.74) is 7.16. The lowest BCUT2D eigenvalue weighted by atomic mass is 10.1. The van der Waals surface area contributed by atoms with Crippen LogP contribution >= 0.6 is 0 Å². The molecular formula is C20H21N3O4. The van der Waals surface area contributed by atoms with Crippen molar-refractivity contribution in [2.45, 2.75) is 6.42 Å². The molecular weight excluding hydrogens is 346 g/mol. The van der Waals surface area contributed by atoms with Crippen LogP contribution in [0.5, 0.6) is 11.5 Å². The van der Waals surface area contributed by atoms with Gasteiger partial charge in [0.1, 0.15) is 0 Å². The summed E-state index contributed by atoms with van der Waals surface area (Å²) >= 11 is 0. The number of methoxy groups -OCH3 is 2. The average Bonchev–Trinajstić information content (AvgIpc) is 3.01. The van der Waals surface area contributed by atoms with E-state index in [9.17, 15) is 9.59 Å². The molecule has 3 rings (SSSR count). The Morgan fingerprint density at radius 2 is 1.74 bits per heavy atom. The summed E-state index contributed by atoms with van der Waals surface area (Å²) < 4.78 is 12.3. The van der Waals surface area contributed by atoms with Gasteiger partial charge in [-0.25, -0.2) is 0 Å². The van der Waals surface area contributed by atoms with Gasteiger partial charge in [-0.15, -0.1) is 0 Å². The van der Waals surface area contributed by atoms with Crippen LogP contribution in [0.1, 0.15) is 15.9 Å². The Bertz CT molecular complexity index is 994. The SMILES string of the molecule is COc1ccc(C(=O)NNC(=O)Cc2cn(C)c3ccccc23)cc1OC. The fourth-order valence-corrected chi connectivity index (χ4v) is 2.96. The molecule has 2 amide bonds. The second kappa shape index (κ2) is 7.82. The fourth-order valence-electron chi connectivity index (χ4n) is 2.96. The predicted molar refractivity (Wildman–Crippen MR) is 102 cm³/mol. The smallest absolute Gasteiger partial charge is 0.269 e. The molecule has 7 nitrogen and oxygen atoms in total. The molecule has 3 aromatic rings. The number of fused-ring (bicyclic) bond motifs is 1. The average molecular weight is 367 g/mol. The van der Waals surface area contributed by atoms with E-state index in [1.165, 1.54) is 14.2 Å². The number of nitrogens with zero attached hydrogens (tertiary/aromatic N) is 1. The van der Waals surface area contributed by atoms with Crippen LogP contribution in [0.25, 0.3) is 10.9 Å². The zero-order valence-corrected chi connectivity index (χ0v) is 15.4. The molecule has 0 aliphatic carbocycles. The minimum atomic E-state index is -0.442. The first kappa shape index (κ1) is 18.3. The van der Waals surface area contributed by atoms with Gasteiger partial charge in [0.15, 0.2) is 11.5 Å². The van der Waals surface area contributed by atoms with Gasteiger partial charge in [-0.2, -0.15) is 0 Å². The summed E-state index contributed by atoms with van der Waals surface area (Å²) in [6.07, 6.45) is 2.08. The molecule has 1 aromatic heterocycles. The molecule has 27 heavy (non-hydrogen) atoms. The van der Waals surface area contributed by atoms with E-state index in [2.05, 4.69) is 10.9 Å². The molecule has 0 aliphatic heterocycles. The van der Waals surface area contributed by atoms with Crippen LogP contribution < -0.4 is 20.3 Å². The number of aromatic nitrogens is 1. The van der Waals surface area contributed by atoms with E-state index in [0.717, 1.165) is 16.5 Å². The maximum Gasteiger partial charge on any atom is 0.269 e. The van der Waals surface area contributed by atoms with Crippen LogP contribution in [0.4, 0.5) is 0 Å². The molecule has 0 bridgehead atoms. The van der Waals surface area contributed by atoms with Gasteiger partial charge in [-0.05, 0) is 29.8 Å². The quantitative estimate of drug-likeness (QED) is 0.678. The Hall–Kier alpha value is -3.48. The van der Waals surface area contributed by atoms with Crippen molar-refractivity contribution in [1.29, 1.82) is 0 Å². The van der Waals surface area contributed by atoms with E-state index in [0.29, 0.717) is 17.1 Å². The maximum absolute atomic E-state index is 12.3. The number of nitrogens with one attached hydrogen (secondary N) is 2. The molecule has 0 aliphatic rings. The van der Waals surface area contributed by atoms with Crippen molar-refractivity contribution in [3.05, 3.63) is 59.8 Å². The molecule has 0 saturated heterocycles. The lowest BCUT2D eigenvalue weighted by Crippen LogP contribution is -2.42. The normalized spacial score (nSPS) is 10.5. The van der Waals surface area contributed by atoms with E-state index in [-0.39, 0.29) is 12.3 Å². The van der Waals surface area contributed by atoms with E-state index < -0.39 is 5.91 Å². The van der Waals surface area contributed by atoms with Gasteiger partial charge < -0.3 is 14.0 Å². The summed E-state index contributed by atoms with van der Waals surface area (Å²) in [5.74, 6) is 0.212.